The highest BCUT2D eigenvalue weighted by atomic mass is 79.9. The minimum Gasteiger partial charge on any atom is -0.391 e. The SMILES string of the molecule is C[C@@H](O)[C@@H](N)c1c(F)ccc(Br)c1F.Cl. The molecule has 0 aliphatic carbocycles. The molecule has 1 aromatic carbocycles. The summed E-state index contributed by atoms with van der Waals surface area (Å²) in [6.45, 7) is 1.38. The average molecular weight is 303 g/mol. The molecular weight excluding hydrogens is 291 g/mol. The van der Waals surface area contributed by atoms with Gasteiger partial charge in [0.25, 0.3) is 0 Å². The summed E-state index contributed by atoms with van der Waals surface area (Å²) in [5, 5.41) is 9.14. The molecule has 0 aliphatic rings. The number of benzene rings is 1. The molecule has 1 rings (SSSR count). The van der Waals surface area contributed by atoms with E-state index in [1.165, 1.54) is 13.0 Å². The van der Waals surface area contributed by atoms with Crippen molar-refractivity contribution in [1.82, 2.24) is 0 Å². The number of hydrogen-bond donors (Lipinski definition) is 2. The molecule has 0 unspecified atom stereocenters. The zero-order valence-corrected chi connectivity index (χ0v) is 10.3. The van der Waals surface area contributed by atoms with Crippen LogP contribution in [-0.4, -0.2) is 11.2 Å². The maximum Gasteiger partial charge on any atom is 0.145 e. The molecule has 0 spiro atoms. The maximum atomic E-state index is 13.4. The summed E-state index contributed by atoms with van der Waals surface area (Å²) in [5.74, 6) is -1.52. The summed E-state index contributed by atoms with van der Waals surface area (Å²) in [4.78, 5) is 0. The first-order chi connectivity index (χ1) is 6.45. The van der Waals surface area contributed by atoms with Crippen molar-refractivity contribution in [3.63, 3.8) is 0 Å². The highest BCUT2D eigenvalue weighted by Gasteiger charge is 2.22. The number of halogens is 4. The van der Waals surface area contributed by atoms with Gasteiger partial charge < -0.3 is 10.8 Å². The number of hydrogen-bond acceptors (Lipinski definition) is 2. The van der Waals surface area contributed by atoms with Crippen LogP contribution in [0.2, 0.25) is 0 Å². The van der Waals surface area contributed by atoms with Gasteiger partial charge in [-0.3, -0.25) is 0 Å². The normalized spacial score (nSPS) is 14.3. The van der Waals surface area contributed by atoms with Crippen molar-refractivity contribution in [2.45, 2.75) is 19.1 Å². The van der Waals surface area contributed by atoms with E-state index in [0.717, 1.165) is 6.07 Å². The van der Waals surface area contributed by atoms with E-state index >= 15 is 0 Å². The molecule has 86 valence electrons. The Morgan fingerprint density at radius 2 is 1.93 bits per heavy atom. The predicted octanol–water partition coefficient (Wildman–Crippen LogP) is 2.53. The Labute approximate surface area is 101 Å². The largest absolute Gasteiger partial charge is 0.391 e. The number of aliphatic hydroxyl groups excluding tert-OH is 1. The third-order valence-corrected chi connectivity index (χ3v) is 2.54. The molecule has 0 radical (unpaired) electrons. The summed E-state index contributed by atoms with van der Waals surface area (Å²) >= 11 is 2.92. The van der Waals surface area contributed by atoms with Gasteiger partial charge in [-0.2, -0.15) is 0 Å². The second-order valence-electron chi connectivity index (χ2n) is 3.02. The van der Waals surface area contributed by atoms with Crippen LogP contribution in [0.3, 0.4) is 0 Å². The molecule has 3 N–H and O–H groups in total. The van der Waals surface area contributed by atoms with Gasteiger partial charge in [-0.1, -0.05) is 0 Å². The van der Waals surface area contributed by atoms with Crippen LogP contribution in [-0.2, 0) is 0 Å². The fourth-order valence-electron chi connectivity index (χ4n) is 1.09. The summed E-state index contributed by atoms with van der Waals surface area (Å²) in [6, 6.07) is 1.29. The molecule has 0 heterocycles. The molecule has 2 atom stereocenters. The predicted molar refractivity (Wildman–Crippen MR) is 59.9 cm³/mol. The molecule has 0 bridgehead atoms. The fourth-order valence-corrected chi connectivity index (χ4v) is 1.44. The van der Waals surface area contributed by atoms with Crippen LogP contribution in [0, 0.1) is 11.6 Å². The van der Waals surface area contributed by atoms with E-state index < -0.39 is 23.8 Å². The summed E-state index contributed by atoms with van der Waals surface area (Å²) < 4.78 is 26.7. The molecule has 0 aromatic heterocycles. The Kier molecular flexibility index (Phi) is 5.66. The minimum atomic E-state index is -1.06. The average Bonchev–Trinajstić information content (AvgIpc) is 2.12. The highest BCUT2D eigenvalue weighted by Crippen LogP contribution is 2.26. The zero-order chi connectivity index (χ0) is 10.9. The molecule has 2 nitrogen and oxygen atoms in total. The smallest absolute Gasteiger partial charge is 0.145 e. The third-order valence-electron chi connectivity index (χ3n) is 1.93. The summed E-state index contributed by atoms with van der Waals surface area (Å²) in [7, 11) is 0. The first-order valence-electron chi connectivity index (χ1n) is 4.02. The van der Waals surface area contributed by atoms with Gasteiger partial charge in [0.05, 0.1) is 16.6 Å². The van der Waals surface area contributed by atoms with Gasteiger partial charge in [0.2, 0.25) is 0 Å². The van der Waals surface area contributed by atoms with Crippen molar-refractivity contribution in [3.8, 4) is 0 Å². The standard InChI is InChI=1S/C9H10BrF2NO.ClH/c1-4(14)9(13)7-6(11)3-2-5(10)8(7)12;/h2-4,9,14H,13H2,1H3;1H/t4-,9-;/m1./s1. The monoisotopic (exact) mass is 301 g/mol. The van der Waals surface area contributed by atoms with Gasteiger partial charge in [0.15, 0.2) is 0 Å². The Bertz CT molecular complexity index is 349. The first-order valence-corrected chi connectivity index (χ1v) is 4.81. The first kappa shape index (κ1) is 14.8. The van der Waals surface area contributed by atoms with E-state index in [1.54, 1.807) is 0 Å². The second kappa shape index (κ2) is 5.75. The van der Waals surface area contributed by atoms with E-state index in [0.29, 0.717) is 0 Å². The van der Waals surface area contributed by atoms with Crippen LogP contribution >= 0.6 is 28.3 Å². The molecule has 15 heavy (non-hydrogen) atoms. The van der Waals surface area contributed by atoms with Crippen LogP contribution < -0.4 is 5.73 Å². The van der Waals surface area contributed by atoms with Crippen molar-refractivity contribution in [2.24, 2.45) is 5.73 Å². The molecule has 0 fully saturated rings. The Morgan fingerprint density at radius 1 is 1.40 bits per heavy atom. The van der Waals surface area contributed by atoms with Crippen LogP contribution in [0.15, 0.2) is 16.6 Å². The van der Waals surface area contributed by atoms with E-state index in [9.17, 15) is 8.78 Å². The van der Waals surface area contributed by atoms with Gasteiger partial charge in [0.1, 0.15) is 11.6 Å². The van der Waals surface area contributed by atoms with Crippen molar-refractivity contribution in [1.29, 1.82) is 0 Å². The van der Waals surface area contributed by atoms with Gasteiger partial charge in [-0.25, -0.2) is 8.78 Å². The minimum absolute atomic E-state index is 0. The van der Waals surface area contributed by atoms with E-state index in [4.69, 9.17) is 10.8 Å². The maximum absolute atomic E-state index is 13.4. The van der Waals surface area contributed by atoms with Crippen LogP contribution in [0.4, 0.5) is 8.78 Å². The molecule has 6 heteroatoms. The van der Waals surface area contributed by atoms with Crippen LogP contribution in [0.5, 0.6) is 0 Å². The highest BCUT2D eigenvalue weighted by molar-refractivity contribution is 9.10. The van der Waals surface area contributed by atoms with Crippen molar-refractivity contribution >= 4 is 28.3 Å². The fraction of sp³-hybridized carbons (Fsp3) is 0.333. The topological polar surface area (TPSA) is 46.2 Å². The zero-order valence-electron chi connectivity index (χ0n) is 7.88. The number of aliphatic hydroxyl groups is 1. The molecule has 0 saturated carbocycles. The molecule has 1 aromatic rings. The van der Waals surface area contributed by atoms with Gasteiger partial charge >= 0.3 is 0 Å². The van der Waals surface area contributed by atoms with Crippen molar-refractivity contribution < 1.29 is 13.9 Å². The molecule has 0 saturated heterocycles. The molecular formula is C9H11BrClF2NO. The Morgan fingerprint density at radius 3 is 2.40 bits per heavy atom. The van der Waals surface area contributed by atoms with Gasteiger partial charge in [-0.15, -0.1) is 12.4 Å². The summed E-state index contributed by atoms with van der Waals surface area (Å²) in [6.07, 6.45) is -1.01. The lowest BCUT2D eigenvalue weighted by atomic mass is 10.0. The number of rotatable bonds is 2. The van der Waals surface area contributed by atoms with Gasteiger partial charge in [-0.05, 0) is 35.0 Å². The number of nitrogens with two attached hydrogens (primary N) is 1. The van der Waals surface area contributed by atoms with Gasteiger partial charge in [0, 0.05) is 5.56 Å². The van der Waals surface area contributed by atoms with Crippen LogP contribution in [0.1, 0.15) is 18.5 Å². The second-order valence-corrected chi connectivity index (χ2v) is 3.88. The lowest BCUT2D eigenvalue weighted by Crippen LogP contribution is -2.25. The quantitative estimate of drug-likeness (QED) is 0.825. The molecule has 0 aliphatic heterocycles. The van der Waals surface area contributed by atoms with E-state index in [2.05, 4.69) is 15.9 Å². The lowest BCUT2D eigenvalue weighted by molar-refractivity contribution is 0.160. The van der Waals surface area contributed by atoms with E-state index in [1.807, 2.05) is 0 Å². The lowest BCUT2D eigenvalue weighted by Gasteiger charge is -2.17. The van der Waals surface area contributed by atoms with E-state index in [-0.39, 0.29) is 22.4 Å². The Balaban J connectivity index is 0.00000196. The van der Waals surface area contributed by atoms with Crippen molar-refractivity contribution in [2.75, 3.05) is 0 Å². The van der Waals surface area contributed by atoms with Crippen LogP contribution in [0.25, 0.3) is 0 Å². The third kappa shape index (κ3) is 3.11. The Hall–Kier alpha value is -0.230. The van der Waals surface area contributed by atoms with Crippen molar-refractivity contribution in [3.05, 3.63) is 33.8 Å². The molecule has 0 amide bonds. The summed E-state index contributed by atoms with van der Waals surface area (Å²) in [5.41, 5.74) is 5.16.